The molecule has 2 rings (SSSR count). The molecule has 1 aromatic carbocycles. The molecular weight excluding hydrogens is 220 g/mol. The molecule has 1 unspecified atom stereocenters. The van der Waals surface area contributed by atoms with Crippen LogP contribution in [0.2, 0.25) is 0 Å². The van der Waals surface area contributed by atoms with Gasteiger partial charge in [-0.3, -0.25) is 0 Å². The van der Waals surface area contributed by atoms with Crippen molar-refractivity contribution in [2.75, 3.05) is 19.6 Å². The Morgan fingerprint density at radius 3 is 2.67 bits per heavy atom. The second-order valence-electron chi connectivity index (χ2n) is 5.97. The predicted octanol–water partition coefficient (Wildman–Crippen LogP) is 3.10. The van der Waals surface area contributed by atoms with Crippen LogP contribution in [0.15, 0.2) is 30.3 Å². The van der Waals surface area contributed by atoms with Crippen LogP contribution in [0.3, 0.4) is 0 Å². The number of nitrogens with zero attached hydrogens (tertiary/aromatic N) is 2. The van der Waals surface area contributed by atoms with Crippen LogP contribution < -0.4 is 0 Å². The largest absolute Gasteiger partial charge is 0.302 e. The minimum absolute atomic E-state index is 0.129. The maximum absolute atomic E-state index is 9.15. The normalized spacial score (nSPS) is 23.5. The van der Waals surface area contributed by atoms with Crippen LogP contribution in [0.4, 0.5) is 0 Å². The van der Waals surface area contributed by atoms with Crippen LogP contribution in [0.5, 0.6) is 0 Å². The van der Waals surface area contributed by atoms with Crippen molar-refractivity contribution in [3.8, 4) is 6.07 Å². The molecular formula is C16H22N2. The smallest absolute Gasteiger partial charge is 0.0662 e. The second-order valence-corrected chi connectivity index (χ2v) is 5.97. The standard InChI is InChI=1S/C16H22N2/c1-16(2)13-18(11-9-15(16)12-17)10-8-14-6-4-3-5-7-14/h3-7,15H,8-11,13H2,1-2H3. The molecule has 1 atom stereocenters. The summed E-state index contributed by atoms with van der Waals surface area (Å²) in [6.45, 7) is 7.64. The van der Waals surface area contributed by atoms with E-state index in [2.05, 4.69) is 55.1 Å². The number of benzene rings is 1. The second kappa shape index (κ2) is 5.54. The first kappa shape index (κ1) is 13.1. The van der Waals surface area contributed by atoms with Crippen molar-refractivity contribution in [1.29, 1.82) is 5.26 Å². The average molecular weight is 242 g/mol. The molecule has 2 nitrogen and oxygen atoms in total. The molecule has 0 saturated carbocycles. The summed E-state index contributed by atoms with van der Waals surface area (Å²) >= 11 is 0. The minimum atomic E-state index is 0.129. The lowest BCUT2D eigenvalue weighted by Gasteiger charge is -2.41. The molecule has 1 aromatic rings. The van der Waals surface area contributed by atoms with Crippen LogP contribution in [-0.4, -0.2) is 24.5 Å². The van der Waals surface area contributed by atoms with Gasteiger partial charge in [0.2, 0.25) is 0 Å². The van der Waals surface area contributed by atoms with Gasteiger partial charge in [-0.05, 0) is 30.4 Å². The summed E-state index contributed by atoms with van der Waals surface area (Å²) in [5.41, 5.74) is 1.53. The molecule has 96 valence electrons. The Kier molecular flexibility index (Phi) is 4.04. The van der Waals surface area contributed by atoms with Gasteiger partial charge in [0, 0.05) is 13.1 Å². The highest BCUT2D eigenvalue weighted by molar-refractivity contribution is 5.15. The summed E-state index contributed by atoms with van der Waals surface area (Å²) in [7, 11) is 0. The molecule has 1 fully saturated rings. The number of rotatable bonds is 3. The third-order valence-electron chi connectivity index (χ3n) is 4.02. The van der Waals surface area contributed by atoms with Crippen LogP contribution in [0.1, 0.15) is 25.8 Å². The lowest BCUT2D eigenvalue weighted by molar-refractivity contribution is 0.0833. The lowest BCUT2D eigenvalue weighted by atomic mass is 9.75. The van der Waals surface area contributed by atoms with Crippen LogP contribution in [0, 0.1) is 22.7 Å². The molecule has 0 N–H and O–H groups in total. The molecule has 1 aliphatic rings. The Morgan fingerprint density at radius 2 is 2.06 bits per heavy atom. The number of hydrogen-bond acceptors (Lipinski definition) is 2. The first-order chi connectivity index (χ1) is 8.62. The third kappa shape index (κ3) is 3.11. The lowest BCUT2D eigenvalue weighted by Crippen LogP contribution is -2.45. The van der Waals surface area contributed by atoms with Gasteiger partial charge in [0.1, 0.15) is 0 Å². The first-order valence-electron chi connectivity index (χ1n) is 6.78. The first-order valence-corrected chi connectivity index (χ1v) is 6.78. The van der Waals surface area contributed by atoms with Crippen molar-refractivity contribution < 1.29 is 0 Å². The molecule has 1 saturated heterocycles. The average Bonchev–Trinajstić information content (AvgIpc) is 2.37. The molecule has 0 amide bonds. The van der Waals surface area contributed by atoms with Gasteiger partial charge in [0.05, 0.1) is 12.0 Å². The zero-order valence-electron chi connectivity index (χ0n) is 11.4. The summed E-state index contributed by atoms with van der Waals surface area (Å²) in [4.78, 5) is 2.50. The predicted molar refractivity (Wildman–Crippen MR) is 74.1 cm³/mol. The molecule has 1 aliphatic heterocycles. The van der Waals surface area contributed by atoms with Gasteiger partial charge in [0.25, 0.3) is 0 Å². The Morgan fingerprint density at radius 1 is 1.33 bits per heavy atom. The summed E-state index contributed by atoms with van der Waals surface area (Å²) in [5.74, 6) is 0.213. The fourth-order valence-electron chi connectivity index (χ4n) is 2.83. The van der Waals surface area contributed by atoms with Crippen molar-refractivity contribution in [2.45, 2.75) is 26.7 Å². The van der Waals surface area contributed by atoms with E-state index in [9.17, 15) is 0 Å². The van der Waals surface area contributed by atoms with Gasteiger partial charge in [-0.15, -0.1) is 0 Å². The van der Waals surface area contributed by atoms with E-state index in [-0.39, 0.29) is 11.3 Å². The summed E-state index contributed by atoms with van der Waals surface area (Å²) < 4.78 is 0. The van der Waals surface area contributed by atoms with Crippen LogP contribution >= 0.6 is 0 Å². The maximum Gasteiger partial charge on any atom is 0.0662 e. The van der Waals surface area contributed by atoms with E-state index >= 15 is 0 Å². The Balaban J connectivity index is 1.87. The van der Waals surface area contributed by atoms with Crippen molar-refractivity contribution >= 4 is 0 Å². The van der Waals surface area contributed by atoms with Crippen LogP contribution in [0.25, 0.3) is 0 Å². The molecule has 1 heterocycles. The summed E-state index contributed by atoms with van der Waals surface area (Å²) in [6, 6.07) is 13.1. The van der Waals surface area contributed by atoms with E-state index in [0.29, 0.717) is 0 Å². The van der Waals surface area contributed by atoms with Gasteiger partial charge in [-0.2, -0.15) is 5.26 Å². The number of hydrogen-bond donors (Lipinski definition) is 0. The third-order valence-corrected chi connectivity index (χ3v) is 4.02. The summed E-state index contributed by atoms with van der Waals surface area (Å²) in [5, 5.41) is 9.15. The van der Waals surface area contributed by atoms with E-state index in [1.807, 2.05) is 0 Å². The fraction of sp³-hybridized carbons (Fsp3) is 0.562. The number of likely N-dealkylation sites (tertiary alicyclic amines) is 1. The number of nitriles is 1. The molecule has 2 heteroatoms. The zero-order chi connectivity index (χ0) is 13.0. The maximum atomic E-state index is 9.15. The molecule has 0 radical (unpaired) electrons. The van der Waals surface area contributed by atoms with Gasteiger partial charge < -0.3 is 4.90 Å². The van der Waals surface area contributed by atoms with E-state index in [1.165, 1.54) is 5.56 Å². The molecule has 0 aromatic heterocycles. The molecule has 0 bridgehead atoms. The molecule has 18 heavy (non-hydrogen) atoms. The molecule has 0 aliphatic carbocycles. The quantitative estimate of drug-likeness (QED) is 0.814. The highest BCUT2D eigenvalue weighted by Gasteiger charge is 2.35. The Hall–Kier alpha value is -1.33. The van der Waals surface area contributed by atoms with E-state index < -0.39 is 0 Å². The molecule has 0 spiro atoms. The zero-order valence-corrected chi connectivity index (χ0v) is 11.4. The fourth-order valence-corrected chi connectivity index (χ4v) is 2.83. The van der Waals surface area contributed by atoms with Crippen molar-refractivity contribution in [3.05, 3.63) is 35.9 Å². The SMILES string of the molecule is CC1(C)CN(CCc2ccccc2)CCC1C#N. The van der Waals surface area contributed by atoms with Gasteiger partial charge in [-0.25, -0.2) is 0 Å². The van der Waals surface area contributed by atoms with Crippen molar-refractivity contribution in [3.63, 3.8) is 0 Å². The Labute approximate surface area is 110 Å². The highest BCUT2D eigenvalue weighted by atomic mass is 15.1. The monoisotopic (exact) mass is 242 g/mol. The van der Waals surface area contributed by atoms with E-state index in [1.54, 1.807) is 0 Å². The highest BCUT2D eigenvalue weighted by Crippen LogP contribution is 2.34. The van der Waals surface area contributed by atoms with Crippen molar-refractivity contribution in [1.82, 2.24) is 4.90 Å². The van der Waals surface area contributed by atoms with Gasteiger partial charge >= 0.3 is 0 Å². The minimum Gasteiger partial charge on any atom is -0.302 e. The Bertz CT molecular complexity index is 416. The van der Waals surface area contributed by atoms with Gasteiger partial charge in [-0.1, -0.05) is 44.2 Å². The van der Waals surface area contributed by atoms with E-state index in [0.717, 1.165) is 32.5 Å². The van der Waals surface area contributed by atoms with Crippen LogP contribution in [-0.2, 0) is 6.42 Å². The number of piperidine rings is 1. The topological polar surface area (TPSA) is 27.0 Å². The summed E-state index contributed by atoms with van der Waals surface area (Å²) in [6.07, 6.45) is 2.12. The van der Waals surface area contributed by atoms with Gasteiger partial charge in [0.15, 0.2) is 0 Å². The van der Waals surface area contributed by atoms with E-state index in [4.69, 9.17) is 5.26 Å². The van der Waals surface area contributed by atoms with Crippen molar-refractivity contribution in [2.24, 2.45) is 11.3 Å².